The number of carbonyl (C=O) groups excluding carboxylic acids is 3. The normalized spacial score (nSPS) is 22.1. The Labute approximate surface area is 227 Å². The highest BCUT2D eigenvalue weighted by molar-refractivity contribution is 5.94. The first-order chi connectivity index (χ1) is 18.4. The third-order valence-electron chi connectivity index (χ3n) is 7.67. The van der Waals surface area contributed by atoms with Crippen molar-refractivity contribution in [3.63, 3.8) is 0 Å². The van der Waals surface area contributed by atoms with Crippen molar-refractivity contribution >= 4 is 17.7 Å². The minimum absolute atomic E-state index is 0.0451. The smallest absolute Gasteiger partial charge is 0.250 e. The summed E-state index contributed by atoms with van der Waals surface area (Å²) in [7, 11) is 0. The molecule has 1 spiro atoms. The van der Waals surface area contributed by atoms with Crippen molar-refractivity contribution in [1.82, 2.24) is 20.4 Å². The van der Waals surface area contributed by atoms with Crippen LogP contribution in [0.3, 0.4) is 0 Å². The lowest BCUT2D eigenvalue weighted by molar-refractivity contribution is -0.140. The van der Waals surface area contributed by atoms with E-state index < -0.39 is 5.54 Å². The Balaban J connectivity index is 1.59. The second kappa shape index (κ2) is 13.1. The molecule has 0 bridgehead atoms. The molecule has 1 saturated heterocycles. The van der Waals surface area contributed by atoms with E-state index in [0.717, 1.165) is 55.3 Å². The first kappa shape index (κ1) is 27.8. The van der Waals surface area contributed by atoms with Gasteiger partial charge in [0.2, 0.25) is 17.7 Å². The molecule has 1 atom stereocenters. The first-order valence-electron chi connectivity index (χ1n) is 14.1. The summed E-state index contributed by atoms with van der Waals surface area (Å²) in [6.45, 7) is 6.91. The molecule has 2 N–H and O–H groups in total. The molecular formula is C31H42N4O3. The molecule has 7 nitrogen and oxygen atoms in total. The summed E-state index contributed by atoms with van der Waals surface area (Å²) in [6, 6.07) is 18.1. The number of carbonyl (C=O) groups is 3. The first-order valence-corrected chi connectivity index (χ1v) is 14.1. The van der Waals surface area contributed by atoms with E-state index in [1.54, 1.807) is 4.90 Å². The summed E-state index contributed by atoms with van der Waals surface area (Å²) in [5.41, 5.74) is 2.01. The van der Waals surface area contributed by atoms with Crippen LogP contribution in [0.2, 0.25) is 0 Å². The fourth-order valence-electron chi connectivity index (χ4n) is 5.57. The maximum absolute atomic E-state index is 13.7. The molecule has 0 saturated carbocycles. The Morgan fingerprint density at radius 3 is 2.47 bits per heavy atom. The lowest BCUT2D eigenvalue weighted by Gasteiger charge is -2.39. The minimum atomic E-state index is -1.11. The van der Waals surface area contributed by atoms with Crippen molar-refractivity contribution in [2.45, 2.75) is 64.5 Å². The van der Waals surface area contributed by atoms with Gasteiger partial charge in [0.1, 0.15) is 5.54 Å². The number of nitrogens with one attached hydrogen (secondary N) is 2. The van der Waals surface area contributed by atoms with E-state index in [1.807, 2.05) is 42.5 Å². The van der Waals surface area contributed by atoms with Gasteiger partial charge in [0.15, 0.2) is 0 Å². The van der Waals surface area contributed by atoms with E-state index in [-0.39, 0.29) is 30.8 Å². The molecule has 2 aromatic carbocycles. The summed E-state index contributed by atoms with van der Waals surface area (Å²) < 4.78 is 0. The highest BCUT2D eigenvalue weighted by Gasteiger charge is 2.44. The van der Waals surface area contributed by atoms with Gasteiger partial charge in [0, 0.05) is 19.6 Å². The Kier molecular flexibility index (Phi) is 9.56. The zero-order valence-corrected chi connectivity index (χ0v) is 22.9. The van der Waals surface area contributed by atoms with Gasteiger partial charge < -0.3 is 15.5 Å². The third kappa shape index (κ3) is 7.01. The molecule has 3 amide bonds. The minimum Gasteiger partial charge on any atom is -0.354 e. The van der Waals surface area contributed by atoms with E-state index in [1.165, 1.54) is 0 Å². The van der Waals surface area contributed by atoms with Crippen LogP contribution in [-0.2, 0) is 32.9 Å². The maximum atomic E-state index is 13.7. The van der Waals surface area contributed by atoms with Crippen molar-refractivity contribution in [3.8, 4) is 0 Å². The Hall–Kier alpha value is -3.19. The van der Waals surface area contributed by atoms with E-state index in [0.29, 0.717) is 32.0 Å². The molecule has 0 radical (unpaired) electrons. The topological polar surface area (TPSA) is 81.8 Å². The van der Waals surface area contributed by atoms with E-state index in [2.05, 4.69) is 41.5 Å². The largest absolute Gasteiger partial charge is 0.354 e. The molecule has 4 rings (SSSR count). The van der Waals surface area contributed by atoms with Crippen LogP contribution >= 0.6 is 0 Å². The molecule has 38 heavy (non-hydrogen) atoms. The van der Waals surface area contributed by atoms with Crippen LogP contribution in [0, 0.1) is 5.92 Å². The van der Waals surface area contributed by atoms with Gasteiger partial charge >= 0.3 is 0 Å². The van der Waals surface area contributed by atoms with E-state index in [4.69, 9.17) is 0 Å². The predicted molar refractivity (Wildman–Crippen MR) is 149 cm³/mol. The third-order valence-corrected chi connectivity index (χ3v) is 7.67. The van der Waals surface area contributed by atoms with Crippen LogP contribution in [0.4, 0.5) is 0 Å². The molecule has 204 valence electrons. The van der Waals surface area contributed by atoms with E-state index in [9.17, 15) is 14.4 Å². The Morgan fingerprint density at radius 1 is 0.921 bits per heavy atom. The standard InChI is InChI=1S/C31H42N4O3/c1-24(2)16-20-35-22-28(36)33-31(17-10-14-26-13-6-7-15-27(26)31)30(38)32-18-8-9-19-34(23-29(35)37)21-25-11-4-3-5-12-25/h3-7,11-13,15,24H,8-10,14,16-23H2,1-2H3,(H,32,38)(H,33,36). The lowest BCUT2D eigenvalue weighted by atomic mass is 9.75. The van der Waals surface area contributed by atoms with Crippen LogP contribution in [0.1, 0.15) is 62.6 Å². The molecule has 1 aliphatic heterocycles. The zero-order chi connectivity index (χ0) is 27.0. The van der Waals surface area contributed by atoms with Crippen molar-refractivity contribution in [1.29, 1.82) is 0 Å². The lowest BCUT2D eigenvalue weighted by Crippen LogP contribution is -2.60. The van der Waals surface area contributed by atoms with Crippen LogP contribution in [-0.4, -0.2) is 60.2 Å². The molecule has 1 heterocycles. The molecule has 1 unspecified atom stereocenters. The molecule has 7 heteroatoms. The van der Waals surface area contributed by atoms with Gasteiger partial charge in [0.25, 0.3) is 0 Å². The average molecular weight is 519 g/mol. The fraction of sp³-hybridized carbons (Fsp3) is 0.516. The quantitative estimate of drug-likeness (QED) is 0.634. The Morgan fingerprint density at radius 2 is 1.68 bits per heavy atom. The number of rotatable bonds is 5. The number of aryl methyl sites for hydroxylation is 1. The van der Waals surface area contributed by atoms with Crippen molar-refractivity contribution in [3.05, 3.63) is 71.3 Å². The molecular weight excluding hydrogens is 476 g/mol. The van der Waals surface area contributed by atoms with E-state index >= 15 is 0 Å². The SMILES string of the molecule is CC(C)CCN1CC(=O)NC2(CCCc3ccccc32)C(=O)NCCCCN(Cc2ccccc2)CC1=O. The highest BCUT2D eigenvalue weighted by Crippen LogP contribution is 2.36. The number of amides is 3. The van der Waals surface area contributed by atoms with Crippen molar-refractivity contribution < 1.29 is 14.4 Å². The van der Waals surface area contributed by atoms with Gasteiger partial charge in [-0.3, -0.25) is 19.3 Å². The number of nitrogens with zero attached hydrogens (tertiary/aromatic N) is 2. The molecule has 2 aliphatic rings. The van der Waals surface area contributed by atoms with Gasteiger partial charge in [-0.15, -0.1) is 0 Å². The molecule has 0 aromatic heterocycles. The second-order valence-corrected chi connectivity index (χ2v) is 11.1. The predicted octanol–water partition coefficient (Wildman–Crippen LogP) is 3.62. The van der Waals surface area contributed by atoms with Gasteiger partial charge in [-0.25, -0.2) is 0 Å². The monoisotopic (exact) mass is 518 g/mol. The Bertz CT molecular complexity index is 1100. The van der Waals surface area contributed by atoms with Crippen molar-refractivity contribution in [2.24, 2.45) is 5.92 Å². The maximum Gasteiger partial charge on any atom is 0.250 e. The summed E-state index contributed by atoms with van der Waals surface area (Å²) >= 11 is 0. The van der Waals surface area contributed by atoms with Crippen LogP contribution < -0.4 is 10.6 Å². The van der Waals surface area contributed by atoms with Gasteiger partial charge in [-0.05, 0) is 67.7 Å². The van der Waals surface area contributed by atoms with Crippen LogP contribution in [0.15, 0.2) is 54.6 Å². The number of hydrogen-bond donors (Lipinski definition) is 2. The summed E-state index contributed by atoms with van der Waals surface area (Å²) in [5, 5.41) is 6.25. The fourth-order valence-corrected chi connectivity index (χ4v) is 5.57. The molecule has 1 aliphatic carbocycles. The molecule has 2 aromatic rings. The van der Waals surface area contributed by atoms with Crippen LogP contribution in [0.25, 0.3) is 0 Å². The summed E-state index contributed by atoms with van der Waals surface area (Å²) in [4.78, 5) is 44.7. The number of hydrogen-bond acceptors (Lipinski definition) is 4. The second-order valence-electron chi connectivity index (χ2n) is 11.1. The summed E-state index contributed by atoms with van der Waals surface area (Å²) in [6.07, 6.45) is 4.72. The number of benzene rings is 2. The van der Waals surface area contributed by atoms with Gasteiger partial charge in [-0.2, -0.15) is 0 Å². The van der Waals surface area contributed by atoms with Crippen molar-refractivity contribution in [2.75, 3.05) is 32.7 Å². The van der Waals surface area contributed by atoms with Gasteiger partial charge in [0.05, 0.1) is 13.1 Å². The average Bonchev–Trinajstić information content (AvgIpc) is 2.90. The highest BCUT2D eigenvalue weighted by atomic mass is 16.2. The summed E-state index contributed by atoms with van der Waals surface area (Å²) in [5.74, 6) is -0.0880. The van der Waals surface area contributed by atoms with Crippen LogP contribution in [0.5, 0.6) is 0 Å². The number of fused-ring (bicyclic) bond motifs is 2. The zero-order valence-electron chi connectivity index (χ0n) is 22.9. The molecule has 1 fully saturated rings. The van der Waals surface area contributed by atoms with Gasteiger partial charge in [-0.1, -0.05) is 68.4 Å².